The van der Waals surface area contributed by atoms with Crippen LogP contribution in [0.4, 0.5) is 0 Å². The third-order valence-corrected chi connectivity index (χ3v) is 3.42. The Morgan fingerprint density at radius 3 is 2.68 bits per heavy atom. The van der Waals surface area contributed by atoms with Gasteiger partial charge in [-0.05, 0) is 19.1 Å². The Morgan fingerprint density at radius 1 is 1.32 bits per heavy atom. The molecule has 0 saturated carbocycles. The van der Waals surface area contributed by atoms with Gasteiger partial charge < -0.3 is 9.84 Å². The molecular weight excluding hydrogens is 262 g/mol. The number of aryl methyl sites for hydroxylation is 2. The number of nitrogens with one attached hydrogen (secondary N) is 1. The first kappa shape index (κ1) is 13.6. The minimum absolute atomic E-state index is 0.0481. The van der Waals surface area contributed by atoms with Crippen LogP contribution in [0.3, 0.4) is 0 Å². The lowest BCUT2D eigenvalue weighted by Gasteiger charge is -2.03. The third-order valence-electron chi connectivity index (χ3n) is 2.40. The highest BCUT2D eigenvalue weighted by molar-refractivity contribution is 8.00. The lowest BCUT2D eigenvalue weighted by molar-refractivity contribution is -0.118. The molecule has 0 aliphatic heterocycles. The first-order valence-corrected chi connectivity index (χ1v) is 6.87. The Kier molecular flexibility index (Phi) is 4.57. The second kappa shape index (κ2) is 6.38. The monoisotopic (exact) mass is 277 g/mol. The number of amides is 1. The number of aromatic nitrogens is 2. The predicted molar refractivity (Wildman–Crippen MR) is 72.8 cm³/mol. The van der Waals surface area contributed by atoms with Crippen LogP contribution in [-0.4, -0.2) is 21.8 Å². The standard InChI is InChI=1S/C13H15N3O2S/c1-9-3-5-11(6-4-9)19-8-13(17)14-7-12-15-10(2)18-16-12/h3-6H,7-8H2,1-2H3,(H,14,17). The zero-order valence-corrected chi connectivity index (χ0v) is 11.7. The van der Waals surface area contributed by atoms with Gasteiger partial charge in [-0.25, -0.2) is 0 Å². The van der Waals surface area contributed by atoms with Crippen LogP contribution in [-0.2, 0) is 11.3 Å². The summed E-state index contributed by atoms with van der Waals surface area (Å²) in [5, 5.41) is 6.46. The molecule has 2 aromatic rings. The Balaban J connectivity index is 1.74. The van der Waals surface area contributed by atoms with E-state index in [0.29, 0.717) is 24.0 Å². The molecule has 0 saturated heterocycles. The molecule has 1 N–H and O–H groups in total. The van der Waals surface area contributed by atoms with Gasteiger partial charge in [-0.2, -0.15) is 4.98 Å². The number of benzene rings is 1. The van der Waals surface area contributed by atoms with Gasteiger partial charge in [-0.15, -0.1) is 11.8 Å². The van der Waals surface area contributed by atoms with E-state index in [9.17, 15) is 4.79 Å². The Morgan fingerprint density at radius 2 is 2.05 bits per heavy atom. The summed E-state index contributed by atoms with van der Waals surface area (Å²) in [7, 11) is 0. The van der Waals surface area contributed by atoms with E-state index in [0.717, 1.165) is 4.90 Å². The molecule has 0 fully saturated rings. The van der Waals surface area contributed by atoms with Gasteiger partial charge in [-0.1, -0.05) is 22.9 Å². The number of thioether (sulfide) groups is 1. The van der Waals surface area contributed by atoms with Crippen molar-refractivity contribution in [2.45, 2.75) is 25.3 Å². The summed E-state index contributed by atoms with van der Waals surface area (Å²) in [6.07, 6.45) is 0. The summed E-state index contributed by atoms with van der Waals surface area (Å²) in [4.78, 5) is 16.7. The Hall–Kier alpha value is -1.82. The normalized spacial score (nSPS) is 10.4. The van der Waals surface area contributed by atoms with Crippen LogP contribution >= 0.6 is 11.8 Å². The largest absolute Gasteiger partial charge is 0.348 e. The van der Waals surface area contributed by atoms with Crippen molar-refractivity contribution in [2.75, 3.05) is 5.75 Å². The van der Waals surface area contributed by atoms with Crippen LogP contribution in [0, 0.1) is 13.8 Å². The van der Waals surface area contributed by atoms with Gasteiger partial charge in [-0.3, -0.25) is 4.79 Å². The molecule has 5 nitrogen and oxygen atoms in total. The molecule has 0 spiro atoms. The molecule has 1 aromatic carbocycles. The molecule has 0 atom stereocenters. The maximum Gasteiger partial charge on any atom is 0.230 e. The highest BCUT2D eigenvalue weighted by Gasteiger charge is 2.06. The smallest absolute Gasteiger partial charge is 0.230 e. The molecule has 2 rings (SSSR count). The van der Waals surface area contributed by atoms with E-state index in [1.54, 1.807) is 6.92 Å². The molecule has 1 amide bonds. The van der Waals surface area contributed by atoms with Crippen molar-refractivity contribution in [1.29, 1.82) is 0 Å². The lowest BCUT2D eigenvalue weighted by atomic mass is 10.2. The van der Waals surface area contributed by atoms with E-state index in [2.05, 4.69) is 15.5 Å². The average Bonchev–Trinajstić information content (AvgIpc) is 2.81. The fourth-order valence-electron chi connectivity index (χ4n) is 1.43. The van der Waals surface area contributed by atoms with Crippen LogP contribution < -0.4 is 5.32 Å². The fraction of sp³-hybridized carbons (Fsp3) is 0.308. The molecule has 100 valence electrons. The highest BCUT2D eigenvalue weighted by Crippen LogP contribution is 2.17. The average molecular weight is 277 g/mol. The maximum atomic E-state index is 11.6. The molecule has 0 aliphatic carbocycles. The van der Waals surface area contributed by atoms with Crippen molar-refractivity contribution in [3.05, 3.63) is 41.5 Å². The van der Waals surface area contributed by atoms with E-state index in [1.165, 1.54) is 17.3 Å². The van der Waals surface area contributed by atoms with Crippen molar-refractivity contribution >= 4 is 17.7 Å². The molecule has 0 bridgehead atoms. The van der Waals surface area contributed by atoms with Gasteiger partial charge in [0, 0.05) is 11.8 Å². The van der Waals surface area contributed by atoms with Gasteiger partial charge in [0.25, 0.3) is 0 Å². The van der Waals surface area contributed by atoms with Crippen LogP contribution in [0.25, 0.3) is 0 Å². The molecule has 1 aromatic heterocycles. The van der Waals surface area contributed by atoms with Gasteiger partial charge in [0.15, 0.2) is 5.82 Å². The van der Waals surface area contributed by atoms with Crippen LogP contribution in [0.15, 0.2) is 33.7 Å². The minimum atomic E-state index is -0.0481. The molecule has 0 unspecified atom stereocenters. The molecule has 19 heavy (non-hydrogen) atoms. The summed E-state index contributed by atoms with van der Waals surface area (Å²) in [5.74, 6) is 1.32. The SMILES string of the molecule is Cc1ccc(SCC(=O)NCc2noc(C)n2)cc1. The molecular formula is C13H15N3O2S. The van der Waals surface area contributed by atoms with Crippen LogP contribution in [0.1, 0.15) is 17.3 Å². The van der Waals surface area contributed by atoms with Gasteiger partial charge in [0.2, 0.25) is 11.8 Å². The molecule has 0 radical (unpaired) electrons. The maximum absolute atomic E-state index is 11.6. The van der Waals surface area contributed by atoms with Crippen LogP contribution in [0.2, 0.25) is 0 Å². The van der Waals surface area contributed by atoms with Crippen molar-refractivity contribution < 1.29 is 9.32 Å². The fourth-order valence-corrected chi connectivity index (χ4v) is 2.15. The topological polar surface area (TPSA) is 68.0 Å². The summed E-state index contributed by atoms with van der Waals surface area (Å²) in [6, 6.07) is 8.08. The second-order valence-corrected chi connectivity index (χ2v) is 5.16. The van der Waals surface area contributed by atoms with E-state index in [1.807, 2.05) is 31.2 Å². The van der Waals surface area contributed by atoms with Crippen molar-refractivity contribution in [3.63, 3.8) is 0 Å². The number of rotatable bonds is 5. The molecule has 0 aliphatic rings. The number of nitrogens with zero attached hydrogens (tertiary/aromatic N) is 2. The summed E-state index contributed by atoms with van der Waals surface area (Å²) in [5.41, 5.74) is 1.21. The number of hydrogen-bond acceptors (Lipinski definition) is 5. The molecule has 1 heterocycles. The quantitative estimate of drug-likeness (QED) is 0.848. The van der Waals surface area contributed by atoms with E-state index < -0.39 is 0 Å². The van der Waals surface area contributed by atoms with E-state index in [4.69, 9.17) is 4.52 Å². The summed E-state index contributed by atoms with van der Waals surface area (Å²) < 4.78 is 4.82. The second-order valence-electron chi connectivity index (χ2n) is 4.11. The van der Waals surface area contributed by atoms with Gasteiger partial charge in [0.1, 0.15) is 0 Å². The van der Waals surface area contributed by atoms with Crippen LogP contribution in [0.5, 0.6) is 0 Å². The van der Waals surface area contributed by atoms with Gasteiger partial charge in [0.05, 0.1) is 12.3 Å². The number of carbonyl (C=O) groups excluding carboxylic acids is 1. The summed E-state index contributed by atoms with van der Waals surface area (Å²) >= 11 is 1.50. The lowest BCUT2D eigenvalue weighted by Crippen LogP contribution is -2.25. The minimum Gasteiger partial charge on any atom is -0.348 e. The van der Waals surface area contributed by atoms with Crippen molar-refractivity contribution in [2.24, 2.45) is 0 Å². The van der Waals surface area contributed by atoms with Crippen molar-refractivity contribution in [3.8, 4) is 0 Å². The summed E-state index contributed by atoms with van der Waals surface area (Å²) in [6.45, 7) is 4.05. The Labute approximate surface area is 115 Å². The zero-order valence-electron chi connectivity index (χ0n) is 10.8. The zero-order chi connectivity index (χ0) is 13.7. The first-order valence-electron chi connectivity index (χ1n) is 5.89. The number of carbonyl (C=O) groups is 1. The van der Waals surface area contributed by atoms with E-state index >= 15 is 0 Å². The van der Waals surface area contributed by atoms with Crippen molar-refractivity contribution in [1.82, 2.24) is 15.5 Å². The Bertz CT molecular complexity index is 551. The van der Waals surface area contributed by atoms with Gasteiger partial charge >= 0.3 is 0 Å². The third kappa shape index (κ3) is 4.40. The molecule has 6 heteroatoms. The highest BCUT2D eigenvalue weighted by atomic mass is 32.2. The number of hydrogen-bond donors (Lipinski definition) is 1. The predicted octanol–water partition coefficient (Wildman–Crippen LogP) is 2.09. The first-order chi connectivity index (χ1) is 9.13. The van der Waals surface area contributed by atoms with E-state index in [-0.39, 0.29) is 5.91 Å².